The van der Waals surface area contributed by atoms with Gasteiger partial charge in [0.05, 0.1) is 31.6 Å². The lowest BCUT2D eigenvalue weighted by molar-refractivity contribution is -0.232. The molecule has 2 aromatic heterocycles. The van der Waals surface area contributed by atoms with Crippen LogP contribution in [0.2, 0.25) is 0 Å². The van der Waals surface area contributed by atoms with E-state index in [-0.39, 0.29) is 72.1 Å². The number of methoxy groups -OCH3 is 1. The Morgan fingerprint density at radius 3 is 2.51 bits per heavy atom. The molecule has 13 heteroatoms. The molecule has 3 fully saturated rings. The number of rotatable bonds is 5. The van der Waals surface area contributed by atoms with Gasteiger partial charge in [-0.15, -0.1) is 0 Å². The van der Waals surface area contributed by atoms with Gasteiger partial charge in [0.15, 0.2) is 11.9 Å². The topological polar surface area (TPSA) is 109 Å². The maximum Gasteiger partial charge on any atom is 0.414 e. The molecule has 0 radical (unpaired) electrons. The van der Waals surface area contributed by atoms with Crippen LogP contribution in [0.25, 0.3) is 11.3 Å². The predicted octanol–water partition coefficient (Wildman–Crippen LogP) is 3.23. The minimum absolute atomic E-state index is 0.147. The Balaban J connectivity index is 1.20. The molecule has 5 atom stereocenters. The van der Waals surface area contributed by atoms with Crippen molar-refractivity contribution in [3.8, 4) is 17.1 Å². The molecule has 2 aromatic rings. The zero-order chi connectivity index (χ0) is 26.3. The lowest BCUT2D eigenvalue weighted by atomic mass is 9.89. The van der Waals surface area contributed by atoms with E-state index in [2.05, 4.69) is 20.5 Å². The minimum atomic E-state index is -4.40. The van der Waals surface area contributed by atoms with Gasteiger partial charge >= 0.3 is 6.18 Å². The van der Waals surface area contributed by atoms with Crippen LogP contribution in [0.4, 0.5) is 17.6 Å². The fourth-order valence-electron chi connectivity index (χ4n) is 5.60. The molecule has 5 heterocycles. The number of nitrogens with one attached hydrogen (secondary N) is 2. The van der Waals surface area contributed by atoms with E-state index in [4.69, 9.17) is 9.47 Å². The number of ether oxygens (including phenoxy) is 2. The van der Waals surface area contributed by atoms with E-state index in [1.54, 1.807) is 4.90 Å². The first-order chi connectivity index (χ1) is 17.6. The standard InChI is InChI=1S/C24H27F4N5O4/c1-36-21-8-16(17(25)10-29-21)18-9-19(32-31-18)23(35)33-14-3-4-15(33)7-12(6-14)22(34)30-13-2-5-20(37-11-13)24(26,27)28/h8-10,12-15,20H,2-7,11H2,1H3,(H,30,34)(H,31,32)/t12?,13-,14+,15?,20-/m0/s1. The van der Waals surface area contributed by atoms with Crippen LogP contribution < -0.4 is 10.1 Å². The van der Waals surface area contributed by atoms with Gasteiger partial charge in [0, 0.05) is 29.6 Å². The van der Waals surface area contributed by atoms with Gasteiger partial charge in [0.2, 0.25) is 11.8 Å². The number of alkyl halides is 3. The molecule has 37 heavy (non-hydrogen) atoms. The van der Waals surface area contributed by atoms with Crippen LogP contribution in [0.3, 0.4) is 0 Å². The zero-order valence-corrected chi connectivity index (χ0v) is 20.1. The summed E-state index contributed by atoms with van der Waals surface area (Å²) in [7, 11) is 1.41. The molecule has 2 N–H and O–H groups in total. The van der Waals surface area contributed by atoms with Gasteiger partial charge in [-0.25, -0.2) is 9.37 Å². The summed E-state index contributed by atoms with van der Waals surface area (Å²) in [5.41, 5.74) is 0.600. The average molecular weight is 526 g/mol. The van der Waals surface area contributed by atoms with Crippen molar-refractivity contribution < 1.29 is 36.6 Å². The molecule has 0 spiro atoms. The quantitative estimate of drug-likeness (QED) is 0.581. The highest BCUT2D eigenvalue weighted by Crippen LogP contribution is 2.40. The second-order valence-corrected chi connectivity index (χ2v) is 9.79. The molecule has 5 rings (SSSR count). The molecule has 200 valence electrons. The van der Waals surface area contributed by atoms with Gasteiger partial charge in [-0.3, -0.25) is 14.7 Å². The molecule has 0 aliphatic carbocycles. The number of piperidine rings is 1. The zero-order valence-electron chi connectivity index (χ0n) is 20.1. The smallest absolute Gasteiger partial charge is 0.414 e. The van der Waals surface area contributed by atoms with Gasteiger partial charge in [0.25, 0.3) is 5.91 Å². The molecule has 3 saturated heterocycles. The summed E-state index contributed by atoms with van der Waals surface area (Å²) in [4.78, 5) is 31.8. The maximum atomic E-state index is 14.3. The molecule has 0 saturated carbocycles. The van der Waals surface area contributed by atoms with E-state index in [0.29, 0.717) is 12.8 Å². The van der Waals surface area contributed by atoms with Gasteiger partial charge in [-0.2, -0.15) is 18.3 Å². The number of aromatic nitrogens is 3. The van der Waals surface area contributed by atoms with Crippen molar-refractivity contribution in [2.45, 2.75) is 68.9 Å². The normalized spacial score (nSPS) is 27.7. The third-order valence-corrected chi connectivity index (χ3v) is 7.45. The fourth-order valence-corrected chi connectivity index (χ4v) is 5.60. The average Bonchev–Trinajstić information content (AvgIpc) is 3.46. The highest BCUT2D eigenvalue weighted by Gasteiger charge is 2.47. The summed E-state index contributed by atoms with van der Waals surface area (Å²) in [6.07, 6.45) is -2.73. The number of amides is 2. The van der Waals surface area contributed by atoms with Crippen LogP contribution in [0.5, 0.6) is 5.88 Å². The van der Waals surface area contributed by atoms with E-state index in [1.807, 2.05) is 0 Å². The minimum Gasteiger partial charge on any atom is -0.481 e. The van der Waals surface area contributed by atoms with Crippen molar-refractivity contribution in [3.63, 3.8) is 0 Å². The lowest BCUT2D eigenvalue weighted by Gasteiger charge is -2.39. The number of hydrogen-bond acceptors (Lipinski definition) is 6. The fraction of sp³-hybridized carbons (Fsp3) is 0.583. The van der Waals surface area contributed by atoms with Gasteiger partial charge < -0.3 is 19.7 Å². The largest absolute Gasteiger partial charge is 0.481 e. The number of aromatic amines is 1. The van der Waals surface area contributed by atoms with E-state index in [9.17, 15) is 27.2 Å². The second kappa shape index (κ2) is 9.92. The molecule has 3 aliphatic rings. The predicted molar refractivity (Wildman–Crippen MR) is 121 cm³/mol. The van der Waals surface area contributed by atoms with Crippen molar-refractivity contribution in [3.05, 3.63) is 29.8 Å². The molecular formula is C24H27F4N5O4. The van der Waals surface area contributed by atoms with Crippen molar-refractivity contribution in [1.29, 1.82) is 0 Å². The first kappa shape index (κ1) is 25.4. The Kier molecular flexibility index (Phi) is 6.82. The maximum absolute atomic E-state index is 14.3. The van der Waals surface area contributed by atoms with Gasteiger partial charge in [-0.1, -0.05) is 0 Å². The van der Waals surface area contributed by atoms with E-state index < -0.39 is 24.1 Å². The van der Waals surface area contributed by atoms with Crippen LogP contribution >= 0.6 is 0 Å². The second-order valence-electron chi connectivity index (χ2n) is 9.79. The number of pyridine rings is 1. The van der Waals surface area contributed by atoms with Gasteiger partial charge in [-0.05, 0) is 44.6 Å². The van der Waals surface area contributed by atoms with Crippen molar-refractivity contribution in [2.24, 2.45) is 5.92 Å². The van der Waals surface area contributed by atoms with Crippen LogP contribution in [0.15, 0.2) is 18.3 Å². The summed E-state index contributed by atoms with van der Waals surface area (Å²) in [5.74, 6) is -1.21. The van der Waals surface area contributed by atoms with Crippen LogP contribution in [0, 0.1) is 11.7 Å². The Morgan fingerprint density at radius 2 is 1.89 bits per heavy atom. The Bertz CT molecular complexity index is 1150. The highest BCUT2D eigenvalue weighted by atomic mass is 19.4. The van der Waals surface area contributed by atoms with Crippen LogP contribution in [-0.4, -0.2) is 76.0 Å². The highest BCUT2D eigenvalue weighted by molar-refractivity contribution is 5.94. The number of H-pyrrole nitrogens is 1. The van der Waals surface area contributed by atoms with Crippen molar-refractivity contribution in [1.82, 2.24) is 25.4 Å². The molecular weight excluding hydrogens is 498 g/mol. The van der Waals surface area contributed by atoms with Crippen LogP contribution in [-0.2, 0) is 9.53 Å². The van der Waals surface area contributed by atoms with E-state index >= 15 is 0 Å². The SMILES string of the molecule is COc1cc(-c2cc(C(=O)N3C4CC[C@@H]3CC(C(=O)N[C@H]3CC[C@@H](C(F)(F)F)OC3)C4)[nH]n2)c(F)cn1. The number of nitrogens with zero attached hydrogens (tertiary/aromatic N) is 3. The number of fused-ring (bicyclic) bond motifs is 2. The third kappa shape index (κ3) is 5.13. The van der Waals surface area contributed by atoms with Crippen molar-refractivity contribution >= 4 is 11.8 Å². The number of hydrogen-bond donors (Lipinski definition) is 2. The Morgan fingerprint density at radius 1 is 1.16 bits per heavy atom. The van der Waals surface area contributed by atoms with Crippen molar-refractivity contribution in [2.75, 3.05) is 13.7 Å². The Hall–Kier alpha value is -3.22. The summed E-state index contributed by atoms with van der Waals surface area (Å²) < 4.78 is 62.6. The molecule has 3 aliphatic heterocycles. The molecule has 2 bridgehead atoms. The Labute approximate surface area is 209 Å². The van der Waals surface area contributed by atoms with E-state index in [1.165, 1.54) is 19.2 Å². The van der Waals surface area contributed by atoms with E-state index in [0.717, 1.165) is 19.0 Å². The summed E-state index contributed by atoms with van der Waals surface area (Å²) >= 11 is 0. The molecule has 2 amide bonds. The summed E-state index contributed by atoms with van der Waals surface area (Å²) in [6, 6.07) is 2.12. The summed E-state index contributed by atoms with van der Waals surface area (Å²) in [6.45, 7) is -0.174. The molecule has 9 nitrogen and oxygen atoms in total. The van der Waals surface area contributed by atoms with Crippen LogP contribution in [0.1, 0.15) is 49.0 Å². The molecule has 2 unspecified atom stereocenters. The first-order valence-corrected chi connectivity index (χ1v) is 12.2. The summed E-state index contributed by atoms with van der Waals surface area (Å²) in [5, 5.41) is 9.63. The van der Waals surface area contributed by atoms with Gasteiger partial charge in [0.1, 0.15) is 5.69 Å². The monoisotopic (exact) mass is 525 g/mol. The number of carbonyl (C=O) groups excluding carboxylic acids is 2. The third-order valence-electron chi connectivity index (χ3n) is 7.45. The first-order valence-electron chi connectivity index (χ1n) is 12.2. The lowest BCUT2D eigenvalue weighted by Crippen LogP contribution is -2.52. The molecule has 0 aromatic carbocycles. The number of carbonyl (C=O) groups is 2. The number of halogens is 4.